The van der Waals surface area contributed by atoms with Gasteiger partial charge in [-0.25, -0.2) is 9.97 Å². The summed E-state index contributed by atoms with van der Waals surface area (Å²) in [5.41, 5.74) is 3.91. The van der Waals surface area contributed by atoms with Gasteiger partial charge in [-0.2, -0.15) is 4.52 Å². The highest BCUT2D eigenvalue weighted by molar-refractivity contribution is 6.30. The Kier molecular flexibility index (Phi) is 7.43. The van der Waals surface area contributed by atoms with E-state index in [0.717, 1.165) is 53.7 Å². The van der Waals surface area contributed by atoms with Crippen molar-refractivity contribution in [2.75, 3.05) is 50.6 Å². The number of nitrogens with one attached hydrogen (secondary N) is 1. The number of fused-ring (bicyclic) bond motifs is 1. The number of benzene rings is 2. The molecule has 1 saturated heterocycles. The lowest BCUT2D eigenvalue weighted by atomic mass is 10.2. The number of rotatable bonds is 9. The van der Waals surface area contributed by atoms with Gasteiger partial charge in [-0.15, -0.1) is 5.10 Å². The van der Waals surface area contributed by atoms with Gasteiger partial charge >= 0.3 is 0 Å². The molecule has 0 radical (unpaired) electrons. The van der Waals surface area contributed by atoms with Crippen LogP contribution in [0.3, 0.4) is 0 Å². The average molecular weight is 560 g/mol. The van der Waals surface area contributed by atoms with Gasteiger partial charge in [-0.3, -0.25) is 4.90 Å². The first-order valence-corrected chi connectivity index (χ1v) is 13.5. The van der Waals surface area contributed by atoms with Crippen molar-refractivity contribution in [1.82, 2.24) is 24.5 Å². The number of nitrogens with zero attached hydrogens (tertiary/aromatic N) is 6. The fraction of sp³-hybridized carbons (Fsp3) is 0.276. The third-order valence-electron chi connectivity index (χ3n) is 7.02. The summed E-state index contributed by atoms with van der Waals surface area (Å²) in [6.45, 7) is 4.89. The molecule has 0 unspecified atom stereocenters. The number of hydrogen-bond donors (Lipinski definition) is 1. The van der Waals surface area contributed by atoms with Gasteiger partial charge in [0.1, 0.15) is 0 Å². The smallest absolute Gasteiger partial charge is 0.226 e. The Bertz CT molecular complexity index is 1600. The Hall–Kier alpha value is -4.28. The minimum Gasteiger partial charge on any atom is -0.493 e. The van der Waals surface area contributed by atoms with Crippen LogP contribution in [0.5, 0.6) is 11.5 Å². The SMILES string of the molecule is COc1ccc(CNc2ncc(CN3CCN(c4cccc(Cl)c4)CC3)c3nc(-c4ccco4)nn23)cc1OC. The molecular formula is C29H30ClN7O3. The molecule has 2 aromatic carbocycles. The van der Waals surface area contributed by atoms with Crippen molar-refractivity contribution in [3.8, 4) is 23.1 Å². The Morgan fingerprint density at radius 2 is 1.82 bits per heavy atom. The molecule has 1 N–H and O–H groups in total. The number of aromatic nitrogens is 4. The summed E-state index contributed by atoms with van der Waals surface area (Å²) in [4.78, 5) is 14.4. The zero-order valence-electron chi connectivity index (χ0n) is 22.4. The molecule has 11 heteroatoms. The summed E-state index contributed by atoms with van der Waals surface area (Å²) >= 11 is 6.21. The normalized spacial score (nSPS) is 14.0. The van der Waals surface area contributed by atoms with Crippen LogP contribution in [0.2, 0.25) is 5.02 Å². The number of methoxy groups -OCH3 is 2. The minimum atomic E-state index is 0.513. The van der Waals surface area contributed by atoms with Gasteiger partial charge < -0.3 is 24.1 Å². The highest BCUT2D eigenvalue weighted by Gasteiger charge is 2.21. The lowest BCUT2D eigenvalue weighted by Crippen LogP contribution is -2.46. The van der Waals surface area contributed by atoms with Crippen LogP contribution in [0, 0.1) is 0 Å². The van der Waals surface area contributed by atoms with E-state index in [2.05, 4.69) is 21.2 Å². The van der Waals surface area contributed by atoms with Crippen molar-refractivity contribution in [2.45, 2.75) is 13.1 Å². The quantitative estimate of drug-likeness (QED) is 0.268. The van der Waals surface area contributed by atoms with E-state index in [9.17, 15) is 0 Å². The highest BCUT2D eigenvalue weighted by Crippen LogP contribution is 2.28. The fourth-order valence-corrected chi connectivity index (χ4v) is 5.10. The molecule has 40 heavy (non-hydrogen) atoms. The second-order valence-corrected chi connectivity index (χ2v) is 9.98. The van der Waals surface area contributed by atoms with E-state index in [4.69, 9.17) is 40.6 Å². The van der Waals surface area contributed by atoms with E-state index in [0.29, 0.717) is 42.1 Å². The first-order valence-electron chi connectivity index (χ1n) is 13.1. The molecule has 4 heterocycles. The van der Waals surface area contributed by atoms with E-state index >= 15 is 0 Å². The second-order valence-electron chi connectivity index (χ2n) is 9.54. The van der Waals surface area contributed by atoms with Crippen LogP contribution in [-0.2, 0) is 13.1 Å². The van der Waals surface area contributed by atoms with E-state index < -0.39 is 0 Å². The molecule has 1 aliphatic heterocycles. The maximum Gasteiger partial charge on any atom is 0.226 e. The zero-order valence-corrected chi connectivity index (χ0v) is 23.1. The second kappa shape index (κ2) is 11.4. The summed E-state index contributed by atoms with van der Waals surface area (Å²) in [5.74, 6) is 3.06. The van der Waals surface area contributed by atoms with Gasteiger partial charge in [0.2, 0.25) is 11.8 Å². The Morgan fingerprint density at radius 3 is 2.58 bits per heavy atom. The van der Waals surface area contributed by atoms with Crippen molar-refractivity contribution in [1.29, 1.82) is 0 Å². The molecule has 0 aliphatic carbocycles. The van der Waals surface area contributed by atoms with E-state index in [1.54, 1.807) is 25.0 Å². The predicted molar refractivity (Wildman–Crippen MR) is 154 cm³/mol. The third-order valence-corrected chi connectivity index (χ3v) is 7.25. The topological polar surface area (TPSA) is 93.2 Å². The maximum absolute atomic E-state index is 6.21. The van der Waals surface area contributed by atoms with Crippen molar-refractivity contribution in [2.24, 2.45) is 0 Å². The maximum atomic E-state index is 6.21. The van der Waals surface area contributed by atoms with Gasteiger partial charge in [0.05, 0.1) is 20.5 Å². The van der Waals surface area contributed by atoms with Gasteiger partial charge in [0, 0.05) is 61.7 Å². The van der Waals surface area contributed by atoms with Crippen LogP contribution in [0.4, 0.5) is 11.6 Å². The minimum absolute atomic E-state index is 0.513. The van der Waals surface area contributed by atoms with Gasteiger partial charge in [0.25, 0.3) is 0 Å². The standard InChI is InChI=1S/C29H30ClN7O3/c1-38-24-9-8-20(15-26(24)39-2)17-31-29-32-18-21(28-33-27(34-37(28)29)25-7-4-14-40-25)19-35-10-12-36(13-11-35)23-6-3-5-22(30)16-23/h3-9,14-16,18H,10-13,17,19H2,1-2H3,(H,31,32). The molecule has 0 spiro atoms. The lowest BCUT2D eigenvalue weighted by Gasteiger charge is -2.36. The first kappa shape index (κ1) is 26.0. The molecule has 10 nitrogen and oxygen atoms in total. The number of furan rings is 1. The number of ether oxygens (including phenoxy) is 2. The number of hydrogen-bond acceptors (Lipinski definition) is 9. The molecule has 1 fully saturated rings. The molecule has 3 aromatic heterocycles. The molecule has 0 atom stereocenters. The Labute approximate surface area is 237 Å². The zero-order chi connectivity index (χ0) is 27.5. The third kappa shape index (κ3) is 5.41. The molecule has 0 amide bonds. The van der Waals surface area contributed by atoms with E-state index in [1.807, 2.05) is 54.7 Å². The van der Waals surface area contributed by atoms with Crippen molar-refractivity contribution < 1.29 is 13.9 Å². The summed E-state index contributed by atoms with van der Waals surface area (Å²) in [6.07, 6.45) is 3.51. The first-order chi connectivity index (χ1) is 19.6. The fourth-order valence-electron chi connectivity index (χ4n) is 4.91. The predicted octanol–water partition coefficient (Wildman–Crippen LogP) is 4.99. The average Bonchev–Trinajstić information content (AvgIpc) is 3.68. The molecule has 5 aromatic rings. The lowest BCUT2D eigenvalue weighted by molar-refractivity contribution is 0.250. The van der Waals surface area contributed by atoms with Gasteiger partial charge in [0.15, 0.2) is 22.9 Å². The molecular weight excluding hydrogens is 530 g/mol. The van der Waals surface area contributed by atoms with Crippen molar-refractivity contribution in [3.05, 3.63) is 83.2 Å². The number of anilines is 2. The Balaban J connectivity index is 1.22. The summed E-state index contributed by atoms with van der Waals surface area (Å²) < 4.78 is 18.2. The monoisotopic (exact) mass is 559 g/mol. The largest absolute Gasteiger partial charge is 0.493 e. The highest BCUT2D eigenvalue weighted by atomic mass is 35.5. The van der Waals surface area contributed by atoms with Crippen LogP contribution in [0.1, 0.15) is 11.1 Å². The van der Waals surface area contributed by atoms with Crippen molar-refractivity contribution >= 4 is 28.9 Å². The molecule has 206 valence electrons. The molecule has 1 aliphatic rings. The number of piperazine rings is 1. The summed E-state index contributed by atoms with van der Waals surface area (Å²) in [6, 6.07) is 17.5. The van der Waals surface area contributed by atoms with Gasteiger partial charge in [-0.1, -0.05) is 23.7 Å². The van der Waals surface area contributed by atoms with Crippen LogP contribution >= 0.6 is 11.6 Å². The van der Waals surface area contributed by atoms with E-state index in [1.165, 1.54) is 0 Å². The summed E-state index contributed by atoms with van der Waals surface area (Å²) in [7, 11) is 3.25. The number of halogens is 1. The summed E-state index contributed by atoms with van der Waals surface area (Å²) in [5, 5.41) is 8.90. The van der Waals surface area contributed by atoms with Crippen LogP contribution in [0.15, 0.2) is 71.5 Å². The van der Waals surface area contributed by atoms with Crippen LogP contribution in [0.25, 0.3) is 17.2 Å². The Morgan fingerprint density at radius 1 is 0.975 bits per heavy atom. The molecule has 0 bridgehead atoms. The van der Waals surface area contributed by atoms with Crippen LogP contribution in [-0.4, -0.2) is 64.9 Å². The molecule has 0 saturated carbocycles. The molecule has 6 rings (SSSR count). The van der Waals surface area contributed by atoms with Gasteiger partial charge in [-0.05, 0) is 48.0 Å². The van der Waals surface area contributed by atoms with Crippen molar-refractivity contribution in [3.63, 3.8) is 0 Å². The van der Waals surface area contributed by atoms with E-state index in [-0.39, 0.29) is 0 Å². The van der Waals surface area contributed by atoms with Crippen LogP contribution < -0.4 is 19.7 Å².